The van der Waals surface area contributed by atoms with Crippen LogP contribution in [0.5, 0.6) is 0 Å². The topological polar surface area (TPSA) is 99.8 Å². The number of para-hydroxylation sites is 1. The lowest BCUT2D eigenvalue weighted by Gasteiger charge is -2.37. The van der Waals surface area contributed by atoms with Crippen LogP contribution in [0.25, 0.3) is 5.70 Å². The van der Waals surface area contributed by atoms with Crippen molar-refractivity contribution in [1.82, 2.24) is 10.2 Å². The summed E-state index contributed by atoms with van der Waals surface area (Å²) >= 11 is 0. The van der Waals surface area contributed by atoms with Crippen LogP contribution in [-0.4, -0.2) is 36.1 Å². The van der Waals surface area contributed by atoms with Gasteiger partial charge in [0.1, 0.15) is 0 Å². The van der Waals surface area contributed by atoms with Crippen molar-refractivity contribution >= 4 is 35.1 Å². The monoisotopic (exact) mass is 512 g/mol. The zero-order chi connectivity index (χ0) is 26.9. The summed E-state index contributed by atoms with van der Waals surface area (Å²) in [5.41, 5.74) is 3.45. The van der Waals surface area contributed by atoms with Crippen LogP contribution in [0.2, 0.25) is 0 Å². The summed E-state index contributed by atoms with van der Waals surface area (Å²) in [5, 5.41) is 8.61. The van der Waals surface area contributed by atoms with Crippen LogP contribution in [0.15, 0.2) is 90.5 Å². The van der Waals surface area contributed by atoms with Gasteiger partial charge in [-0.15, -0.1) is 0 Å². The maximum Gasteiger partial charge on any atom is 0.338 e. The van der Waals surface area contributed by atoms with Crippen molar-refractivity contribution in [3.05, 3.63) is 102 Å². The number of carbonyl (C=O) groups excluding carboxylic acids is 3. The zero-order valence-corrected chi connectivity index (χ0v) is 21.6. The Balaban J connectivity index is 1.74. The van der Waals surface area contributed by atoms with Crippen molar-refractivity contribution in [2.75, 3.05) is 23.8 Å². The first-order valence-electron chi connectivity index (χ1n) is 12.8. The van der Waals surface area contributed by atoms with Gasteiger partial charge in [0, 0.05) is 17.9 Å². The Morgan fingerprint density at radius 1 is 0.895 bits per heavy atom. The van der Waals surface area contributed by atoms with E-state index in [1.165, 1.54) is 0 Å². The van der Waals surface area contributed by atoms with E-state index in [0.717, 1.165) is 18.4 Å². The highest BCUT2D eigenvalue weighted by atomic mass is 16.5. The van der Waals surface area contributed by atoms with E-state index in [1.807, 2.05) is 54.6 Å². The first-order valence-corrected chi connectivity index (χ1v) is 12.8. The van der Waals surface area contributed by atoms with Crippen molar-refractivity contribution in [2.45, 2.75) is 32.7 Å². The molecule has 0 saturated heterocycles. The maximum absolute atomic E-state index is 13.4. The SMILES string of the molecule is CCCCN1C(=O)NC(c2cccc(NC(=O)Nc3ccccc3)c2)C(C(=O)OCC)=C1c1ccccc1. The minimum atomic E-state index is -0.770. The van der Waals surface area contributed by atoms with Crippen LogP contribution in [-0.2, 0) is 9.53 Å². The Labute approximate surface area is 222 Å². The fourth-order valence-electron chi connectivity index (χ4n) is 4.38. The van der Waals surface area contributed by atoms with Crippen LogP contribution in [0.1, 0.15) is 43.9 Å². The number of urea groups is 2. The quantitative estimate of drug-likeness (QED) is 0.299. The standard InChI is InChI=1S/C30H32N4O4/c1-3-5-19-34-27(21-13-8-6-9-14-21)25(28(35)38-4-2)26(33-30(34)37)22-15-12-18-24(20-22)32-29(36)31-23-16-10-7-11-17-23/h6-18,20,26H,3-5,19H2,1-2H3,(H,33,37)(H2,31,32,36). The molecule has 0 bridgehead atoms. The van der Waals surface area contributed by atoms with Crippen molar-refractivity contribution in [2.24, 2.45) is 0 Å². The summed E-state index contributed by atoms with van der Waals surface area (Å²) in [5.74, 6) is -0.502. The molecule has 3 aromatic rings. The van der Waals surface area contributed by atoms with Crippen LogP contribution < -0.4 is 16.0 Å². The van der Waals surface area contributed by atoms with E-state index >= 15 is 0 Å². The van der Waals surface area contributed by atoms with E-state index in [9.17, 15) is 14.4 Å². The Kier molecular flexibility index (Phi) is 8.77. The third-order valence-electron chi connectivity index (χ3n) is 6.11. The third-order valence-corrected chi connectivity index (χ3v) is 6.11. The molecule has 0 saturated carbocycles. The number of esters is 1. The lowest BCUT2D eigenvalue weighted by molar-refractivity contribution is -0.138. The van der Waals surface area contributed by atoms with Gasteiger partial charge in [-0.1, -0.05) is 74.0 Å². The molecule has 4 amide bonds. The van der Waals surface area contributed by atoms with Crippen molar-refractivity contribution < 1.29 is 19.1 Å². The van der Waals surface area contributed by atoms with Gasteiger partial charge in [0.2, 0.25) is 0 Å². The highest BCUT2D eigenvalue weighted by molar-refractivity contribution is 6.05. The van der Waals surface area contributed by atoms with Crippen LogP contribution in [0, 0.1) is 0 Å². The minimum absolute atomic E-state index is 0.196. The molecule has 0 fully saturated rings. The van der Waals surface area contributed by atoms with Gasteiger partial charge < -0.3 is 20.7 Å². The van der Waals surface area contributed by atoms with Crippen molar-refractivity contribution in [3.63, 3.8) is 0 Å². The van der Waals surface area contributed by atoms with E-state index < -0.39 is 18.0 Å². The van der Waals surface area contributed by atoms with Gasteiger partial charge in [-0.25, -0.2) is 14.4 Å². The van der Waals surface area contributed by atoms with E-state index in [4.69, 9.17) is 4.74 Å². The normalized spacial score (nSPS) is 15.1. The predicted octanol–water partition coefficient (Wildman–Crippen LogP) is 6.17. The average Bonchev–Trinajstić information content (AvgIpc) is 2.93. The number of unbranched alkanes of at least 4 members (excludes halogenated alkanes) is 1. The highest BCUT2D eigenvalue weighted by Crippen LogP contribution is 2.37. The molecule has 1 aliphatic heterocycles. The molecule has 4 rings (SSSR count). The van der Waals surface area contributed by atoms with E-state index in [1.54, 1.807) is 42.2 Å². The number of hydrogen-bond donors (Lipinski definition) is 3. The van der Waals surface area contributed by atoms with Crippen molar-refractivity contribution in [1.29, 1.82) is 0 Å². The van der Waals surface area contributed by atoms with Gasteiger partial charge in [0.05, 0.1) is 23.9 Å². The second-order valence-corrected chi connectivity index (χ2v) is 8.81. The molecule has 0 aromatic heterocycles. The second-order valence-electron chi connectivity index (χ2n) is 8.81. The van der Waals surface area contributed by atoms with E-state index in [-0.39, 0.29) is 12.6 Å². The number of rotatable bonds is 9. The molecule has 3 aromatic carbocycles. The molecule has 1 unspecified atom stereocenters. The fraction of sp³-hybridized carbons (Fsp3) is 0.233. The predicted molar refractivity (Wildman–Crippen MR) is 148 cm³/mol. The van der Waals surface area contributed by atoms with E-state index in [2.05, 4.69) is 22.9 Å². The first kappa shape index (κ1) is 26.5. The van der Waals surface area contributed by atoms with Gasteiger partial charge in [-0.3, -0.25) is 4.90 Å². The van der Waals surface area contributed by atoms with Gasteiger partial charge in [-0.05, 0) is 48.7 Å². The molecule has 3 N–H and O–H groups in total. The number of hydrogen-bond acceptors (Lipinski definition) is 4. The lowest BCUT2D eigenvalue weighted by atomic mass is 9.91. The summed E-state index contributed by atoms with van der Waals surface area (Å²) in [7, 11) is 0. The molecule has 0 spiro atoms. The average molecular weight is 513 g/mol. The van der Waals surface area contributed by atoms with Gasteiger partial charge >= 0.3 is 18.0 Å². The summed E-state index contributed by atoms with van der Waals surface area (Å²) in [6.45, 7) is 4.46. The summed E-state index contributed by atoms with van der Waals surface area (Å²) in [6, 6.07) is 24.1. The maximum atomic E-state index is 13.4. The molecule has 0 radical (unpaired) electrons. The summed E-state index contributed by atoms with van der Waals surface area (Å²) in [4.78, 5) is 41.0. The highest BCUT2D eigenvalue weighted by Gasteiger charge is 2.38. The van der Waals surface area contributed by atoms with Gasteiger partial charge in [0.15, 0.2) is 0 Å². The largest absolute Gasteiger partial charge is 0.463 e. The lowest BCUT2D eigenvalue weighted by Crippen LogP contribution is -2.48. The Morgan fingerprint density at radius 3 is 2.24 bits per heavy atom. The van der Waals surface area contributed by atoms with Crippen LogP contribution in [0.4, 0.5) is 21.0 Å². The molecule has 1 atom stereocenters. The number of ether oxygens (including phenoxy) is 1. The molecular weight excluding hydrogens is 480 g/mol. The summed E-state index contributed by atoms with van der Waals surface area (Å²) < 4.78 is 5.48. The molecule has 8 heteroatoms. The first-order chi connectivity index (χ1) is 18.5. The van der Waals surface area contributed by atoms with Crippen LogP contribution in [0.3, 0.4) is 0 Å². The third kappa shape index (κ3) is 6.21. The Hall–Kier alpha value is -4.59. The van der Waals surface area contributed by atoms with E-state index in [0.29, 0.717) is 34.8 Å². The number of anilines is 2. The fourth-order valence-corrected chi connectivity index (χ4v) is 4.38. The van der Waals surface area contributed by atoms with Gasteiger partial charge in [0.25, 0.3) is 0 Å². The molecule has 0 aliphatic carbocycles. The number of amides is 4. The molecule has 1 aliphatic rings. The van der Waals surface area contributed by atoms with Crippen LogP contribution >= 0.6 is 0 Å². The number of nitrogens with zero attached hydrogens (tertiary/aromatic N) is 1. The Morgan fingerprint density at radius 2 is 1.55 bits per heavy atom. The number of benzene rings is 3. The van der Waals surface area contributed by atoms with Crippen molar-refractivity contribution in [3.8, 4) is 0 Å². The zero-order valence-electron chi connectivity index (χ0n) is 21.6. The molecule has 38 heavy (non-hydrogen) atoms. The summed E-state index contributed by atoms with van der Waals surface area (Å²) in [6.07, 6.45) is 1.67. The Bertz CT molecular complexity index is 1310. The minimum Gasteiger partial charge on any atom is -0.463 e. The smallest absolute Gasteiger partial charge is 0.338 e. The molecular formula is C30H32N4O4. The molecule has 196 valence electrons. The molecule has 1 heterocycles. The number of carbonyl (C=O) groups is 3. The second kappa shape index (κ2) is 12.6. The van der Waals surface area contributed by atoms with Gasteiger partial charge in [-0.2, -0.15) is 0 Å². The molecule has 8 nitrogen and oxygen atoms in total. The number of nitrogens with one attached hydrogen (secondary N) is 3.